The molecule has 2 aromatic carbocycles. The average molecular weight is 456 g/mol. The predicted octanol–water partition coefficient (Wildman–Crippen LogP) is 2.16. The van der Waals surface area contributed by atoms with Crippen molar-refractivity contribution in [3.63, 3.8) is 0 Å². The summed E-state index contributed by atoms with van der Waals surface area (Å²) < 4.78 is 5.08. The molecular weight excluding hydrogens is 422 g/mol. The lowest BCUT2D eigenvalue weighted by molar-refractivity contribution is -0.129. The topological polar surface area (TPSA) is 117 Å². The fourth-order valence-corrected chi connectivity index (χ4v) is 3.24. The third-order valence-corrected chi connectivity index (χ3v) is 4.86. The van der Waals surface area contributed by atoms with E-state index in [1.807, 2.05) is 74.5 Å². The molecule has 0 aliphatic rings. The first-order valence-corrected chi connectivity index (χ1v) is 11.1. The second-order valence-corrected chi connectivity index (χ2v) is 8.24. The molecule has 0 bridgehead atoms. The van der Waals surface area contributed by atoms with Gasteiger partial charge in [0.1, 0.15) is 19.2 Å². The molecule has 0 saturated heterocycles. The van der Waals surface area contributed by atoms with E-state index in [2.05, 4.69) is 16.0 Å². The minimum absolute atomic E-state index is 0.0939. The van der Waals surface area contributed by atoms with Crippen LogP contribution in [0.4, 0.5) is 4.79 Å². The van der Waals surface area contributed by atoms with Crippen LogP contribution in [-0.2, 0) is 27.4 Å². The number of carbonyl (C=O) groups excluding carboxylic acids is 3. The summed E-state index contributed by atoms with van der Waals surface area (Å²) in [5, 5.41) is 17.6. The Morgan fingerprint density at radius 1 is 0.909 bits per heavy atom. The summed E-state index contributed by atoms with van der Waals surface area (Å²) in [6.45, 7) is 3.44. The lowest BCUT2D eigenvalue weighted by atomic mass is 10.0. The van der Waals surface area contributed by atoms with Gasteiger partial charge in [-0.05, 0) is 29.9 Å². The Kier molecular flexibility index (Phi) is 10.9. The number of aliphatic hydroxyl groups excluding tert-OH is 1. The standard InChI is InChI=1S/C25H33N3O5/c1-18(2)13-22(24(31)27-21(16-29)14-19-9-5-3-6-10-19)28-23(30)15-26-25(32)33-17-20-11-7-4-8-12-20/h3-12,18,21-22,29H,13-17H2,1-2H3,(H,26,32)(H,27,31)(H,28,30)/t21-,22-/m0/s1. The highest BCUT2D eigenvalue weighted by molar-refractivity contribution is 5.89. The van der Waals surface area contributed by atoms with E-state index in [4.69, 9.17) is 4.74 Å². The maximum absolute atomic E-state index is 12.8. The van der Waals surface area contributed by atoms with Crippen LogP contribution in [0, 0.1) is 5.92 Å². The first-order valence-electron chi connectivity index (χ1n) is 11.1. The highest BCUT2D eigenvalue weighted by atomic mass is 16.5. The molecule has 8 nitrogen and oxygen atoms in total. The van der Waals surface area contributed by atoms with Crippen molar-refractivity contribution in [3.8, 4) is 0 Å². The molecule has 2 atom stereocenters. The number of ether oxygens (including phenoxy) is 1. The SMILES string of the molecule is CC(C)C[C@H](NC(=O)CNC(=O)OCc1ccccc1)C(=O)N[C@H](CO)Cc1ccccc1. The zero-order chi connectivity index (χ0) is 24.1. The Morgan fingerprint density at radius 3 is 2.09 bits per heavy atom. The maximum atomic E-state index is 12.8. The third kappa shape index (κ3) is 10.2. The second kappa shape index (κ2) is 13.9. The summed E-state index contributed by atoms with van der Waals surface area (Å²) in [6.07, 6.45) is 0.168. The van der Waals surface area contributed by atoms with Crippen LogP contribution in [0.5, 0.6) is 0 Å². The minimum Gasteiger partial charge on any atom is -0.445 e. The van der Waals surface area contributed by atoms with E-state index in [0.29, 0.717) is 12.8 Å². The Labute approximate surface area is 194 Å². The van der Waals surface area contributed by atoms with Gasteiger partial charge in [0.25, 0.3) is 0 Å². The average Bonchev–Trinajstić information content (AvgIpc) is 2.81. The Morgan fingerprint density at radius 2 is 1.52 bits per heavy atom. The number of hydrogen-bond acceptors (Lipinski definition) is 5. The molecule has 4 N–H and O–H groups in total. The molecule has 3 amide bonds. The van der Waals surface area contributed by atoms with Crippen LogP contribution in [0.2, 0.25) is 0 Å². The van der Waals surface area contributed by atoms with Gasteiger partial charge in [0.05, 0.1) is 12.6 Å². The number of rotatable bonds is 12. The first kappa shape index (κ1) is 25.9. The molecule has 2 rings (SSSR count). The van der Waals surface area contributed by atoms with Gasteiger partial charge in [0, 0.05) is 0 Å². The monoisotopic (exact) mass is 455 g/mol. The molecule has 2 aromatic rings. The number of nitrogens with one attached hydrogen (secondary N) is 3. The lowest BCUT2D eigenvalue weighted by Crippen LogP contribution is -2.53. The van der Waals surface area contributed by atoms with Gasteiger partial charge >= 0.3 is 6.09 Å². The fraction of sp³-hybridized carbons (Fsp3) is 0.400. The summed E-state index contributed by atoms with van der Waals surface area (Å²) >= 11 is 0. The summed E-state index contributed by atoms with van der Waals surface area (Å²) in [4.78, 5) is 37.0. The van der Waals surface area contributed by atoms with E-state index < -0.39 is 24.1 Å². The van der Waals surface area contributed by atoms with Crippen molar-refractivity contribution in [2.75, 3.05) is 13.2 Å². The van der Waals surface area contributed by atoms with Gasteiger partial charge in [-0.3, -0.25) is 9.59 Å². The molecule has 0 radical (unpaired) electrons. The van der Waals surface area contributed by atoms with Crippen molar-refractivity contribution < 1.29 is 24.2 Å². The molecule has 0 spiro atoms. The highest BCUT2D eigenvalue weighted by Crippen LogP contribution is 2.07. The molecule has 0 unspecified atom stereocenters. The van der Waals surface area contributed by atoms with Gasteiger partial charge in [-0.1, -0.05) is 74.5 Å². The Balaban J connectivity index is 1.83. The van der Waals surface area contributed by atoms with E-state index >= 15 is 0 Å². The van der Waals surface area contributed by atoms with Crippen molar-refractivity contribution in [1.29, 1.82) is 0 Å². The number of aliphatic hydroxyl groups is 1. The van der Waals surface area contributed by atoms with Crippen molar-refractivity contribution >= 4 is 17.9 Å². The zero-order valence-corrected chi connectivity index (χ0v) is 19.1. The largest absolute Gasteiger partial charge is 0.445 e. The Bertz CT molecular complexity index is 874. The van der Waals surface area contributed by atoms with Gasteiger partial charge in [-0.15, -0.1) is 0 Å². The molecule has 0 aliphatic heterocycles. The van der Waals surface area contributed by atoms with E-state index in [0.717, 1.165) is 11.1 Å². The molecule has 0 aliphatic carbocycles. The predicted molar refractivity (Wildman–Crippen MR) is 125 cm³/mol. The summed E-state index contributed by atoms with van der Waals surface area (Å²) in [5.74, 6) is -0.735. The van der Waals surface area contributed by atoms with Crippen LogP contribution >= 0.6 is 0 Å². The Hall–Kier alpha value is -3.39. The summed E-state index contributed by atoms with van der Waals surface area (Å²) in [6, 6.07) is 17.5. The van der Waals surface area contributed by atoms with Gasteiger partial charge in [0.2, 0.25) is 11.8 Å². The number of hydrogen-bond donors (Lipinski definition) is 4. The van der Waals surface area contributed by atoms with Crippen molar-refractivity contribution in [2.24, 2.45) is 5.92 Å². The van der Waals surface area contributed by atoms with Crippen LogP contribution in [-0.4, -0.2) is 48.2 Å². The van der Waals surface area contributed by atoms with Crippen molar-refractivity contribution in [1.82, 2.24) is 16.0 Å². The molecule has 8 heteroatoms. The molecular formula is C25H33N3O5. The van der Waals surface area contributed by atoms with E-state index in [9.17, 15) is 19.5 Å². The van der Waals surface area contributed by atoms with Gasteiger partial charge in [-0.2, -0.15) is 0 Å². The number of carbonyl (C=O) groups is 3. The second-order valence-electron chi connectivity index (χ2n) is 8.24. The number of amides is 3. The molecule has 0 saturated carbocycles. The first-order chi connectivity index (χ1) is 15.9. The zero-order valence-electron chi connectivity index (χ0n) is 19.1. The number of benzene rings is 2. The van der Waals surface area contributed by atoms with Crippen LogP contribution in [0.25, 0.3) is 0 Å². The van der Waals surface area contributed by atoms with Gasteiger partial charge in [0.15, 0.2) is 0 Å². The van der Waals surface area contributed by atoms with Crippen LogP contribution < -0.4 is 16.0 Å². The molecule has 178 valence electrons. The molecule has 0 aromatic heterocycles. The molecule has 0 fully saturated rings. The quantitative estimate of drug-likeness (QED) is 0.391. The maximum Gasteiger partial charge on any atom is 0.407 e. The van der Waals surface area contributed by atoms with Crippen molar-refractivity contribution in [3.05, 3.63) is 71.8 Å². The molecule has 33 heavy (non-hydrogen) atoms. The van der Waals surface area contributed by atoms with Crippen LogP contribution in [0.3, 0.4) is 0 Å². The van der Waals surface area contributed by atoms with Crippen LogP contribution in [0.15, 0.2) is 60.7 Å². The smallest absolute Gasteiger partial charge is 0.407 e. The minimum atomic E-state index is -0.788. The van der Waals surface area contributed by atoms with E-state index in [-0.39, 0.29) is 31.6 Å². The number of alkyl carbamates (subject to hydrolysis) is 1. The van der Waals surface area contributed by atoms with E-state index in [1.54, 1.807) is 0 Å². The van der Waals surface area contributed by atoms with Crippen molar-refractivity contribution in [2.45, 2.75) is 45.4 Å². The fourth-order valence-electron chi connectivity index (χ4n) is 3.24. The van der Waals surface area contributed by atoms with Gasteiger partial charge < -0.3 is 25.8 Å². The molecule has 0 heterocycles. The normalized spacial score (nSPS) is 12.5. The lowest BCUT2D eigenvalue weighted by Gasteiger charge is -2.24. The van der Waals surface area contributed by atoms with Gasteiger partial charge in [-0.25, -0.2) is 4.79 Å². The third-order valence-electron chi connectivity index (χ3n) is 4.86. The van der Waals surface area contributed by atoms with Crippen LogP contribution in [0.1, 0.15) is 31.4 Å². The highest BCUT2D eigenvalue weighted by Gasteiger charge is 2.24. The van der Waals surface area contributed by atoms with E-state index in [1.165, 1.54) is 0 Å². The summed E-state index contributed by atoms with van der Waals surface area (Å²) in [7, 11) is 0. The summed E-state index contributed by atoms with van der Waals surface area (Å²) in [5.41, 5.74) is 1.82.